The molecule has 0 radical (unpaired) electrons. The Morgan fingerprint density at radius 2 is 1.81 bits per heavy atom. The third-order valence-electron chi connectivity index (χ3n) is 4.06. The molecule has 1 heterocycles. The summed E-state index contributed by atoms with van der Waals surface area (Å²) in [5.74, 6) is 0.125. The molecule has 0 bridgehead atoms. The predicted octanol–water partition coefficient (Wildman–Crippen LogP) is 4.74. The minimum atomic E-state index is -0.758. The second-order valence-electron chi connectivity index (χ2n) is 6.11. The van der Waals surface area contributed by atoms with Gasteiger partial charge in [0.05, 0.1) is 6.04 Å². The Morgan fingerprint density at radius 1 is 1.07 bits per heavy atom. The number of halogens is 2. The summed E-state index contributed by atoms with van der Waals surface area (Å²) in [6.45, 7) is 3.46. The topological polar surface area (TPSA) is 68.5 Å². The molecule has 2 atom stereocenters. The molecule has 2 aromatic carbocycles. The molecule has 27 heavy (non-hydrogen) atoms. The van der Waals surface area contributed by atoms with Gasteiger partial charge in [-0.15, -0.1) is 0 Å². The molecular formula is C20H17Cl2NO4. The van der Waals surface area contributed by atoms with Crippen LogP contribution in [0.4, 0.5) is 0 Å². The summed E-state index contributed by atoms with van der Waals surface area (Å²) in [5.41, 5.74) is 0.710. The van der Waals surface area contributed by atoms with Gasteiger partial charge in [0.1, 0.15) is 11.3 Å². The van der Waals surface area contributed by atoms with Gasteiger partial charge in [-0.25, -0.2) is 4.79 Å². The lowest BCUT2D eigenvalue weighted by molar-refractivity contribution is -0.127. The normalized spacial score (nSPS) is 13.2. The van der Waals surface area contributed by atoms with E-state index in [9.17, 15) is 9.59 Å². The SMILES string of the molecule is C[C@H](NC(=O)[C@@H](C)Oc1ccc2ccc(=O)oc2c1)c1ccc(Cl)cc1Cl. The summed E-state index contributed by atoms with van der Waals surface area (Å²) < 4.78 is 10.8. The Morgan fingerprint density at radius 3 is 2.56 bits per heavy atom. The number of hydrogen-bond acceptors (Lipinski definition) is 4. The van der Waals surface area contributed by atoms with Crippen molar-refractivity contribution in [3.05, 3.63) is 74.6 Å². The Labute approximate surface area is 165 Å². The van der Waals surface area contributed by atoms with Crippen LogP contribution in [0.15, 0.2) is 57.7 Å². The van der Waals surface area contributed by atoms with Crippen molar-refractivity contribution >= 4 is 40.1 Å². The first-order chi connectivity index (χ1) is 12.8. The van der Waals surface area contributed by atoms with Crippen molar-refractivity contribution in [2.75, 3.05) is 0 Å². The lowest BCUT2D eigenvalue weighted by Gasteiger charge is -2.20. The summed E-state index contributed by atoms with van der Waals surface area (Å²) in [4.78, 5) is 23.8. The molecule has 5 nitrogen and oxygen atoms in total. The summed E-state index contributed by atoms with van der Waals surface area (Å²) in [6, 6.07) is 12.9. The number of nitrogens with one attached hydrogen (secondary N) is 1. The zero-order valence-corrected chi connectivity index (χ0v) is 16.2. The van der Waals surface area contributed by atoms with E-state index in [2.05, 4.69) is 5.32 Å². The van der Waals surface area contributed by atoms with Crippen molar-refractivity contribution in [2.45, 2.75) is 26.0 Å². The molecule has 0 aliphatic heterocycles. The van der Waals surface area contributed by atoms with Crippen molar-refractivity contribution in [1.29, 1.82) is 0 Å². The molecule has 0 fully saturated rings. The maximum atomic E-state index is 12.4. The molecule has 7 heteroatoms. The lowest BCUT2D eigenvalue weighted by Crippen LogP contribution is -2.37. The molecule has 0 aliphatic rings. The monoisotopic (exact) mass is 405 g/mol. The van der Waals surface area contributed by atoms with E-state index in [1.54, 1.807) is 49.4 Å². The average molecular weight is 406 g/mol. The van der Waals surface area contributed by atoms with E-state index >= 15 is 0 Å². The predicted molar refractivity (Wildman–Crippen MR) is 106 cm³/mol. The van der Waals surface area contributed by atoms with Crippen LogP contribution in [-0.4, -0.2) is 12.0 Å². The van der Waals surface area contributed by atoms with Crippen LogP contribution in [0.5, 0.6) is 5.75 Å². The summed E-state index contributed by atoms with van der Waals surface area (Å²) >= 11 is 12.1. The molecule has 0 aliphatic carbocycles. The largest absolute Gasteiger partial charge is 0.481 e. The first-order valence-electron chi connectivity index (χ1n) is 8.29. The first-order valence-corrected chi connectivity index (χ1v) is 9.05. The van der Waals surface area contributed by atoms with Crippen molar-refractivity contribution in [3.8, 4) is 5.75 Å². The third-order valence-corrected chi connectivity index (χ3v) is 4.63. The molecule has 0 spiro atoms. The Balaban J connectivity index is 1.69. The highest BCUT2D eigenvalue weighted by molar-refractivity contribution is 6.35. The van der Waals surface area contributed by atoms with Crippen LogP contribution < -0.4 is 15.7 Å². The number of carbonyl (C=O) groups excluding carboxylic acids is 1. The number of ether oxygens (including phenoxy) is 1. The maximum Gasteiger partial charge on any atom is 0.336 e. The molecule has 0 unspecified atom stereocenters. The van der Waals surface area contributed by atoms with E-state index < -0.39 is 11.7 Å². The number of carbonyl (C=O) groups is 1. The number of benzene rings is 2. The van der Waals surface area contributed by atoms with Gasteiger partial charge in [-0.05, 0) is 49.7 Å². The minimum Gasteiger partial charge on any atom is -0.481 e. The van der Waals surface area contributed by atoms with Crippen LogP contribution >= 0.6 is 23.2 Å². The van der Waals surface area contributed by atoms with Gasteiger partial charge >= 0.3 is 5.63 Å². The molecule has 0 saturated heterocycles. The maximum absolute atomic E-state index is 12.4. The summed E-state index contributed by atoms with van der Waals surface area (Å²) in [7, 11) is 0. The van der Waals surface area contributed by atoms with E-state index in [1.165, 1.54) is 6.07 Å². The fourth-order valence-electron chi connectivity index (χ4n) is 2.63. The highest BCUT2D eigenvalue weighted by Gasteiger charge is 2.19. The molecule has 0 saturated carbocycles. The third kappa shape index (κ3) is 4.62. The van der Waals surface area contributed by atoms with Gasteiger partial charge in [-0.2, -0.15) is 0 Å². The minimum absolute atomic E-state index is 0.303. The van der Waals surface area contributed by atoms with Gasteiger partial charge in [0.15, 0.2) is 6.10 Å². The van der Waals surface area contributed by atoms with Gasteiger partial charge in [0.25, 0.3) is 5.91 Å². The highest BCUT2D eigenvalue weighted by atomic mass is 35.5. The van der Waals surface area contributed by atoms with Gasteiger partial charge in [-0.3, -0.25) is 4.79 Å². The van der Waals surface area contributed by atoms with Crippen LogP contribution in [0, 0.1) is 0 Å². The standard InChI is InChI=1S/C20H17Cl2NO4/c1-11(16-7-5-14(21)9-17(16)22)23-20(25)12(2)26-15-6-3-13-4-8-19(24)27-18(13)10-15/h3-12H,1-2H3,(H,23,25)/t11-,12+/m0/s1. The number of hydrogen-bond donors (Lipinski definition) is 1. The van der Waals surface area contributed by atoms with Crippen molar-refractivity contribution < 1.29 is 13.9 Å². The van der Waals surface area contributed by atoms with E-state index in [1.807, 2.05) is 6.92 Å². The van der Waals surface area contributed by atoms with Crippen LogP contribution in [0.3, 0.4) is 0 Å². The number of amides is 1. The average Bonchev–Trinajstić information content (AvgIpc) is 2.61. The molecule has 140 valence electrons. The zero-order chi connectivity index (χ0) is 19.6. The summed E-state index contributed by atoms with van der Waals surface area (Å²) in [5, 5.41) is 4.64. The van der Waals surface area contributed by atoms with E-state index in [0.717, 1.165) is 10.9 Å². The molecule has 1 amide bonds. The van der Waals surface area contributed by atoms with Crippen LogP contribution in [0.1, 0.15) is 25.5 Å². The fraction of sp³-hybridized carbons (Fsp3) is 0.200. The van der Waals surface area contributed by atoms with Gasteiger partial charge < -0.3 is 14.5 Å². The van der Waals surface area contributed by atoms with E-state index in [-0.39, 0.29) is 11.9 Å². The molecule has 1 aromatic heterocycles. The second kappa shape index (κ2) is 8.03. The van der Waals surface area contributed by atoms with Crippen LogP contribution in [0.25, 0.3) is 11.0 Å². The first kappa shape index (κ1) is 19.3. The number of rotatable bonds is 5. The highest BCUT2D eigenvalue weighted by Crippen LogP contribution is 2.26. The van der Waals surface area contributed by atoms with Crippen molar-refractivity contribution in [1.82, 2.24) is 5.32 Å². The molecule has 3 aromatic rings. The Hall–Kier alpha value is -2.50. The lowest BCUT2D eigenvalue weighted by atomic mass is 10.1. The smallest absolute Gasteiger partial charge is 0.336 e. The molecular weight excluding hydrogens is 389 g/mol. The molecule has 1 N–H and O–H groups in total. The van der Waals surface area contributed by atoms with Crippen molar-refractivity contribution in [3.63, 3.8) is 0 Å². The van der Waals surface area contributed by atoms with E-state index in [4.69, 9.17) is 32.4 Å². The Kier molecular flexibility index (Phi) is 5.73. The second-order valence-corrected chi connectivity index (χ2v) is 6.95. The van der Waals surface area contributed by atoms with Crippen molar-refractivity contribution in [2.24, 2.45) is 0 Å². The Bertz CT molecular complexity index is 1050. The zero-order valence-electron chi connectivity index (χ0n) is 14.7. The number of fused-ring (bicyclic) bond motifs is 1. The quantitative estimate of drug-likeness (QED) is 0.622. The summed E-state index contributed by atoms with van der Waals surface area (Å²) in [6.07, 6.45) is -0.758. The van der Waals surface area contributed by atoms with E-state index in [0.29, 0.717) is 21.4 Å². The van der Waals surface area contributed by atoms with Crippen LogP contribution in [-0.2, 0) is 4.79 Å². The van der Waals surface area contributed by atoms with Crippen LogP contribution in [0.2, 0.25) is 10.0 Å². The molecule has 3 rings (SSSR count). The van der Waals surface area contributed by atoms with Gasteiger partial charge in [-0.1, -0.05) is 29.3 Å². The van der Waals surface area contributed by atoms with Gasteiger partial charge in [0, 0.05) is 27.6 Å². The van der Waals surface area contributed by atoms with Gasteiger partial charge in [0.2, 0.25) is 0 Å². The fourth-order valence-corrected chi connectivity index (χ4v) is 3.21.